The largest absolute Gasteiger partial charge is 0.337 e. The highest BCUT2D eigenvalue weighted by Crippen LogP contribution is 2.30. The molecule has 0 aliphatic heterocycles. The standard InChI is InChI=1S/C29H28N2O3S/c1-23-17-19-25(20-18-23)21-30(2)29(32)27-15-9-10-16-28(27)31(22-24-11-5-3-6-12-24)35(33,34)26-13-7-4-8-14-26/h3-20H,21-22H2,1-2H3. The van der Waals surface area contributed by atoms with Crippen molar-refractivity contribution in [2.24, 2.45) is 0 Å². The minimum atomic E-state index is -3.94. The summed E-state index contributed by atoms with van der Waals surface area (Å²) in [6, 6.07) is 32.6. The topological polar surface area (TPSA) is 57.7 Å². The smallest absolute Gasteiger partial charge is 0.264 e. The molecular formula is C29H28N2O3S. The van der Waals surface area contributed by atoms with Crippen LogP contribution < -0.4 is 4.31 Å². The summed E-state index contributed by atoms with van der Waals surface area (Å²) < 4.78 is 28.9. The molecule has 0 saturated heterocycles. The van der Waals surface area contributed by atoms with Crippen molar-refractivity contribution in [2.45, 2.75) is 24.9 Å². The number of carbonyl (C=O) groups is 1. The maximum absolute atomic E-state index is 13.8. The Bertz CT molecular complexity index is 1390. The van der Waals surface area contributed by atoms with Crippen LogP contribution in [-0.2, 0) is 23.1 Å². The van der Waals surface area contributed by atoms with E-state index in [-0.39, 0.29) is 17.3 Å². The van der Waals surface area contributed by atoms with E-state index in [0.717, 1.165) is 16.7 Å². The van der Waals surface area contributed by atoms with Crippen LogP contribution in [0.15, 0.2) is 114 Å². The highest BCUT2D eigenvalue weighted by molar-refractivity contribution is 7.92. The average molecular weight is 485 g/mol. The molecule has 0 fully saturated rings. The fraction of sp³-hybridized carbons (Fsp3) is 0.138. The van der Waals surface area contributed by atoms with Gasteiger partial charge in [-0.3, -0.25) is 9.10 Å². The monoisotopic (exact) mass is 484 g/mol. The molecule has 0 aliphatic carbocycles. The van der Waals surface area contributed by atoms with Gasteiger partial charge in [0.1, 0.15) is 0 Å². The van der Waals surface area contributed by atoms with Crippen molar-refractivity contribution < 1.29 is 13.2 Å². The van der Waals surface area contributed by atoms with Crippen molar-refractivity contribution in [3.63, 3.8) is 0 Å². The molecule has 0 N–H and O–H groups in total. The number of rotatable bonds is 8. The molecule has 178 valence electrons. The van der Waals surface area contributed by atoms with Crippen LogP contribution in [0.2, 0.25) is 0 Å². The molecule has 0 atom stereocenters. The van der Waals surface area contributed by atoms with Gasteiger partial charge in [0.2, 0.25) is 0 Å². The predicted octanol–water partition coefficient (Wildman–Crippen LogP) is 5.66. The van der Waals surface area contributed by atoms with Gasteiger partial charge in [0.25, 0.3) is 15.9 Å². The van der Waals surface area contributed by atoms with Crippen LogP contribution in [0.25, 0.3) is 0 Å². The number of hydrogen-bond acceptors (Lipinski definition) is 3. The average Bonchev–Trinajstić information content (AvgIpc) is 2.89. The number of hydrogen-bond donors (Lipinski definition) is 0. The lowest BCUT2D eigenvalue weighted by Gasteiger charge is -2.28. The Labute approximate surface area is 207 Å². The van der Waals surface area contributed by atoms with Crippen LogP contribution in [0.4, 0.5) is 5.69 Å². The number of carbonyl (C=O) groups excluding carboxylic acids is 1. The maximum atomic E-state index is 13.8. The van der Waals surface area contributed by atoms with Gasteiger partial charge in [0.15, 0.2) is 0 Å². The molecule has 4 aromatic carbocycles. The van der Waals surface area contributed by atoms with Gasteiger partial charge in [0.05, 0.1) is 22.7 Å². The second-order valence-corrected chi connectivity index (χ2v) is 10.3. The maximum Gasteiger partial charge on any atom is 0.264 e. The van der Waals surface area contributed by atoms with E-state index < -0.39 is 10.0 Å². The lowest BCUT2D eigenvalue weighted by molar-refractivity contribution is 0.0786. The Balaban J connectivity index is 1.74. The van der Waals surface area contributed by atoms with Crippen molar-refractivity contribution in [3.05, 3.63) is 131 Å². The fourth-order valence-electron chi connectivity index (χ4n) is 3.89. The van der Waals surface area contributed by atoms with Crippen LogP contribution in [0.1, 0.15) is 27.0 Å². The first-order chi connectivity index (χ1) is 16.9. The second-order valence-electron chi connectivity index (χ2n) is 8.47. The number of nitrogens with zero attached hydrogens (tertiary/aromatic N) is 2. The Morgan fingerprint density at radius 2 is 1.23 bits per heavy atom. The highest BCUT2D eigenvalue weighted by atomic mass is 32.2. The summed E-state index contributed by atoms with van der Waals surface area (Å²) in [5, 5.41) is 0. The molecule has 4 rings (SSSR count). The molecule has 0 spiro atoms. The van der Waals surface area contributed by atoms with Gasteiger partial charge in [-0.1, -0.05) is 90.5 Å². The summed E-state index contributed by atoms with van der Waals surface area (Å²) >= 11 is 0. The molecule has 0 unspecified atom stereocenters. The van der Waals surface area contributed by atoms with Crippen LogP contribution in [0.5, 0.6) is 0 Å². The Hall–Kier alpha value is -3.90. The van der Waals surface area contributed by atoms with Crippen molar-refractivity contribution >= 4 is 21.6 Å². The Morgan fingerprint density at radius 3 is 1.89 bits per heavy atom. The van der Waals surface area contributed by atoms with Gasteiger partial charge < -0.3 is 4.90 Å². The highest BCUT2D eigenvalue weighted by Gasteiger charge is 2.29. The third-order valence-electron chi connectivity index (χ3n) is 5.79. The molecule has 1 amide bonds. The van der Waals surface area contributed by atoms with Crippen molar-refractivity contribution in [1.29, 1.82) is 0 Å². The van der Waals surface area contributed by atoms with E-state index in [2.05, 4.69) is 0 Å². The van der Waals surface area contributed by atoms with E-state index in [1.165, 1.54) is 4.31 Å². The first-order valence-electron chi connectivity index (χ1n) is 11.4. The van der Waals surface area contributed by atoms with Gasteiger partial charge in [-0.15, -0.1) is 0 Å². The number of anilines is 1. The van der Waals surface area contributed by atoms with E-state index >= 15 is 0 Å². The van der Waals surface area contributed by atoms with Crippen molar-refractivity contribution in [1.82, 2.24) is 4.90 Å². The molecule has 6 heteroatoms. The van der Waals surface area contributed by atoms with E-state index in [4.69, 9.17) is 0 Å². The van der Waals surface area contributed by atoms with E-state index in [9.17, 15) is 13.2 Å². The number of amides is 1. The summed E-state index contributed by atoms with van der Waals surface area (Å²) in [5.74, 6) is -0.248. The minimum absolute atomic E-state index is 0.101. The number of sulfonamides is 1. The third-order valence-corrected chi connectivity index (χ3v) is 7.56. The van der Waals surface area contributed by atoms with Gasteiger partial charge in [-0.2, -0.15) is 0 Å². The third kappa shape index (κ3) is 5.61. The summed E-state index contributed by atoms with van der Waals surface area (Å²) in [4.78, 5) is 15.3. The van der Waals surface area contributed by atoms with Gasteiger partial charge in [-0.05, 0) is 42.3 Å². The van der Waals surface area contributed by atoms with Crippen LogP contribution in [-0.4, -0.2) is 26.3 Å². The van der Waals surface area contributed by atoms with Gasteiger partial charge >= 0.3 is 0 Å². The van der Waals surface area contributed by atoms with E-state index in [1.54, 1.807) is 66.5 Å². The first-order valence-corrected chi connectivity index (χ1v) is 12.8. The van der Waals surface area contributed by atoms with Crippen molar-refractivity contribution in [3.8, 4) is 0 Å². The molecule has 0 saturated carbocycles. The van der Waals surface area contributed by atoms with Crippen LogP contribution >= 0.6 is 0 Å². The number of benzene rings is 4. The molecule has 5 nitrogen and oxygen atoms in total. The van der Waals surface area contributed by atoms with Gasteiger partial charge in [0, 0.05) is 13.6 Å². The molecule has 4 aromatic rings. The fourth-order valence-corrected chi connectivity index (χ4v) is 5.38. The molecule has 0 bridgehead atoms. The zero-order valence-corrected chi connectivity index (χ0v) is 20.7. The zero-order valence-electron chi connectivity index (χ0n) is 19.8. The molecule has 0 aliphatic rings. The lowest BCUT2D eigenvalue weighted by atomic mass is 10.1. The minimum Gasteiger partial charge on any atom is -0.337 e. The first kappa shape index (κ1) is 24.2. The Kier molecular flexibility index (Phi) is 7.32. The van der Waals surface area contributed by atoms with Gasteiger partial charge in [-0.25, -0.2) is 8.42 Å². The van der Waals surface area contributed by atoms with Crippen LogP contribution in [0.3, 0.4) is 0 Å². The summed E-state index contributed by atoms with van der Waals surface area (Å²) in [6.07, 6.45) is 0. The number of aryl methyl sites for hydroxylation is 1. The second kappa shape index (κ2) is 10.6. The van der Waals surface area contributed by atoms with Crippen molar-refractivity contribution in [2.75, 3.05) is 11.4 Å². The molecular weight excluding hydrogens is 456 g/mol. The van der Waals surface area contributed by atoms with E-state index in [1.807, 2.05) is 61.5 Å². The predicted molar refractivity (Wildman–Crippen MR) is 140 cm³/mol. The summed E-state index contributed by atoms with van der Waals surface area (Å²) in [7, 11) is -2.21. The lowest BCUT2D eigenvalue weighted by Crippen LogP contribution is -2.34. The molecule has 35 heavy (non-hydrogen) atoms. The zero-order chi connectivity index (χ0) is 24.8. The summed E-state index contributed by atoms with van der Waals surface area (Å²) in [5.41, 5.74) is 3.65. The molecule has 0 aromatic heterocycles. The molecule has 0 heterocycles. The van der Waals surface area contributed by atoms with Crippen LogP contribution in [0, 0.1) is 6.92 Å². The normalized spacial score (nSPS) is 11.1. The van der Waals surface area contributed by atoms with E-state index in [0.29, 0.717) is 17.8 Å². The quantitative estimate of drug-likeness (QED) is 0.324. The Morgan fingerprint density at radius 1 is 0.686 bits per heavy atom. The molecule has 0 radical (unpaired) electrons. The summed E-state index contributed by atoms with van der Waals surface area (Å²) in [6.45, 7) is 2.53. The SMILES string of the molecule is Cc1ccc(CN(C)C(=O)c2ccccc2N(Cc2ccccc2)S(=O)(=O)c2ccccc2)cc1. The number of para-hydroxylation sites is 1.